The van der Waals surface area contributed by atoms with Gasteiger partial charge in [0.25, 0.3) is 0 Å². The van der Waals surface area contributed by atoms with Crippen LogP contribution in [0, 0.1) is 6.92 Å². The maximum atomic E-state index is 13.1. The maximum absolute atomic E-state index is 13.1. The standard InChI is InChI=1S/C23H32N4O2/c1-15-7-6-8-19-17(13-24-21(15)19)11-20(25-16(2)28)22(29)26-18-12-23(27(3)14-18)9-4-5-10-23/h6-8,13,18,20,24H,4-5,9-12,14H2,1-3H3,(H,25,28)(H,26,29). The monoisotopic (exact) mass is 396 g/mol. The number of likely N-dealkylation sites (tertiary alicyclic amines) is 1. The molecule has 1 aromatic carbocycles. The number of hydrogen-bond acceptors (Lipinski definition) is 3. The number of carbonyl (C=O) groups excluding carboxylic acids is 2. The van der Waals surface area contributed by atoms with Gasteiger partial charge in [-0.2, -0.15) is 0 Å². The van der Waals surface area contributed by atoms with E-state index in [0.29, 0.717) is 6.42 Å². The third-order valence-electron chi connectivity index (χ3n) is 6.94. The molecule has 1 saturated carbocycles. The second kappa shape index (κ2) is 7.82. The number of aromatic nitrogens is 1. The van der Waals surface area contributed by atoms with Crippen LogP contribution in [-0.2, 0) is 16.0 Å². The normalized spacial score (nSPS) is 22.2. The first-order valence-corrected chi connectivity index (χ1v) is 10.7. The van der Waals surface area contributed by atoms with Crippen molar-refractivity contribution in [3.8, 4) is 0 Å². The molecule has 4 rings (SSSR count). The first kappa shape index (κ1) is 20.0. The van der Waals surface area contributed by atoms with Gasteiger partial charge in [-0.05, 0) is 44.4 Å². The number of para-hydroxylation sites is 1. The highest BCUT2D eigenvalue weighted by Gasteiger charge is 2.45. The van der Waals surface area contributed by atoms with Crippen LogP contribution >= 0.6 is 0 Å². The number of aryl methyl sites for hydroxylation is 1. The van der Waals surface area contributed by atoms with Crippen LogP contribution in [0.2, 0.25) is 0 Å². The average molecular weight is 397 g/mol. The van der Waals surface area contributed by atoms with Crippen LogP contribution in [0.3, 0.4) is 0 Å². The minimum Gasteiger partial charge on any atom is -0.361 e. The molecule has 0 bridgehead atoms. The highest BCUT2D eigenvalue weighted by molar-refractivity contribution is 5.90. The lowest BCUT2D eigenvalue weighted by atomic mass is 9.93. The topological polar surface area (TPSA) is 77.2 Å². The number of benzene rings is 1. The lowest BCUT2D eigenvalue weighted by Crippen LogP contribution is -2.50. The third-order valence-corrected chi connectivity index (χ3v) is 6.94. The van der Waals surface area contributed by atoms with Crippen molar-refractivity contribution >= 4 is 22.7 Å². The lowest BCUT2D eigenvalue weighted by molar-refractivity contribution is -0.128. The van der Waals surface area contributed by atoms with Crippen molar-refractivity contribution in [2.45, 2.75) is 70.0 Å². The number of carbonyl (C=O) groups is 2. The third kappa shape index (κ3) is 3.90. The van der Waals surface area contributed by atoms with Crippen molar-refractivity contribution in [1.29, 1.82) is 0 Å². The Bertz CT molecular complexity index is 913. The highest BCUT2D eigenvalue weighted by Crippen LogP contribution is 2.42. The number of amides is 2. The molecular weight excluding hydrogens is 364 g/mol. The molecule has 2 fully saturated rings. The van der Waals surface area contributed by atoms with E-state index in [4.69, 9.17) is 0 Å². The summed E-state index contributed by atoms with van der Waals surface area (Å²) in [6.45, 7) is 4.41. The summed E-state index contributed by atoms with van der Waals surface area (Å²) in [4.78, 5) is 30.7. The van der Waals surface area contributed by atoms with Crippen LogP contribution in [0.25, 0.3) is 10.9 Å². The Morgan fingerprint density at radius 3 is 2.79 bits per heavy atom. The number of likely N-dealkylation sites (N-methyl/N-ethyl adjacent to an activating group) is 1. The average Bonchev–Trinajstić information content (AvgIpc) is 3.36. The van der Waals surface area contributed by atoms with E-state index in [1.165, 1.54) is 38.2 Å². The summed E-state index contributed by atoms with van der Waals surface area (Å²) in [5.41, 5.74) is 3.57. The van der Waals surface area contributed by atoms with E-state index in [2.05, 4.69) is 46.6 Å². The molecule has 1 aromatic heterocycles. The Morgan fingerprint density at radius 2 is 2.07 bits per heavy atom. The van der Waals surface area contributed by atoms with E-state index < -0.39 is 6.04 Å². The predicted molar refractivity (Wildman–Crippen MR) is 115 cm³/mol. The zero-order valence-corrected chi connectivity index (χ0v) is 17.7. The van der Waals surface area contributed by atoms with Crippen molar-refractivity contribution in [2.75, 3.05) is 13.6 Å². The van der Waals surface area contributed by atoms with Crippen molar-refractivity contribution in [3.63, 3.8) is 0 Å². The summed E-state index contributed by atoms with van der Waals surface area (Å²) in [5, 5.41) is 7.21. The Hall–Kier alpha value is -2.34. The summed E-state index contributed by atoms with van der Waals surface area (Å²) >= 11 is 0. The number of fused-ring (bicyclic) bond motifs is 1. The van der Waals surface area contributed by atoms with Crippen molar-refractivity contribution in [1.82, 2.24) is 20.5 Å². The Morgan fingerprint density at radius 1 is 1.31 bits per heavy atom. The van der Waals surface area contributed by atoms with E-state index in [-0.39, 0.29) is 23.4 Å². The van der Waals surface area contributed by atoms with Gasteiger partial charge in [-0.15, -0.1) is 0 Å². The van der Waals surface area contributed by atoms with Crippen molar-refractivity contribution in [2.24, 2.45) is 0 Å². The maximum Gasteiger partial charge on any atom is 0.243 e. The van der Waals surface area contributed by atoms with Gasteiger partial charge in [0.1, 0.15) is 6.04 Å². The van der Waals surface area contributed by atoms with Crippen LogP contribution in [0.1, 0.15) is 50.2 Å². The molecule has 2 heterocycles. The first-order chi connectivity index (χ1) is 13.9. The largest absolute Gasteiger partial charge is 0.361 e. The van der Waals surface area contributed by atoms with Gasteiger partial charge in [0, 0.05) is 48.6 Å². The molecule has 2 aromatic rings. The van der Waals surface area contributed by atoms with Gasteiger partial charge in [0.2, 0.25) is 11.8 Å². The second-order valence-electron chi connectivity index (χ2n) is 8.99. The minimum absolute atomic E-state index is 0.0874. The fraction of sp³-hybridized carbons (Fsp3) is 0.565. The van der Waals surface area contributed by atoms with Gasteiger partial charge in [0.05, 0.1) is 0 Å². The summed E-state index contributed by atoms with van der Waals surface area (Å²) in [5.74, 6) is -0.271. The Kier molecular flexibility index (Phi) is 5.38. The fourth-order valence-electron chi connectivity index (χ4n) is 5.43. The quantitative estimate of drug-likeness (QED) is 0.727. The van der Waals surface area contributed by atoms with Gasteiger partial charge < -0.3 is 15.6 Å². The molecular formula is C23H32N4O2. The molecule has 29 heavy (non-hydrogen) atoms. The predicted octanol–water partition coefficient (Wildman–Crippen LogP) is 2.66. The van der Waals surface area contributed by atoms with Gasteiger partial charge in [-0.1, -0.05) is 31.0 Å². The summed E-state index contributed by atoms with van der Waals surface area (Å²) in [6.07, 6.45) is 8.44. The van der Waals surface area contributed by atoms with Crippen LogP contribution in [0.5, 0.6) is 0 Å². The van der Waals surface area contributed by atoms with Crippen molar-refractivity contribution < 1.29 is 9.59 Å². The van der Waals surface area contributed by atoms with Crippen LogP contribution < -0.4 is 10.6 Å². The van der Waals surface area contributed by atoms with E-state index in [9.17, 15) is 9.59 Å². The first-order valence-electron chi connectivity index (χ1n) is 10.7. The zero-order valence-electron chi connectivity index (χ0n) is 17.7. The SMILES string of the molecule is CC(=O)NC(Cc1c[nH]c2c(C)cccc12)C(=O)NC1CN(C)C2(CCCC2)C1. The molecule has 6 heteroatoms. The summed E-state index contributed by atoms with van der Waals surface area (Å²) < 4.78 is 0. The van der Waals surface area contributed by atoms with Gasteiger partial charge >= 0.3 is 0 Å². The number of aromatic amines is 1. The number of H-pyrrole nitrogens is 1. The summed E-state index contributed by atoms with van der Waals surface area (Å²) in [7, 11) is 2.18. The molecule has 2 unspecified atom stereocenters. The lowest BCUT2D eigenvalue weighted by Gasteiger charge is -2.31. The van der Waals surface area contributed by atoms with E-state index in [1.54, 1.807) is 0 Å². The van der Waals surface area contributed by atoms with Crippen LogP contribution in [0.15, 0.2) is 24.4 Å². The molecule has 6 nitrogen and oxygen atoms in total. The number of hydrogen-bond donors (Lipinski definition) is 3. The Labute approximate surface area is 172 Å². The number of nitrogens with zero attached hydrogens (tertiary/aromatic N) is 1. The van der Waals surface area contributed by atoms with Crippen LogP contribution in [0.4, 0.5) is 0 Å². The van der Waals surface area contributed by atoms with Crippen LogP contribution in [-0.4, -0.2) is 52.9 Å². The summed E-state index contributed by atoms with van der Waals surface area (Å²) in [6, 6.07) is 5.73. The molecule has 1 spiro atoms. The number of nitrogens with one attached hydrogen (secondary N) is 3. The minimum atomic E-state index is -0.572. The molecule has 2 atom stereocenters. The van der Waals surface area contributed by atoms with Crippen molar-refractivity contribution in [3.05, 3.63) is 35.5 Å². The van der Waals surface area contributed by atoms with Gasteiger partial charge in [-0.3, -0.25) is 14.5 Å². The van der Waals surface area contributed by atoms with E-state index >= 15 is 0 Å². The zero-order chi connectivity index (χ0) is 20.6. The highest BCUT2D eigenvalue weighted by atomic mass is 16.2. The Balaban J connectivity index is 1.48. The molecule has 1 aliphatic heterocycles. The van der Waals surface area contributed by atoms with E-state index in [1.807, 2.05) is 12.3 Å². The molecule has 0 radical (unpaired) electrons. The smallest absolute Gasteiger partial charge is 0.243 e. The molecule has 1 aliphatic carbocycles. The molecule has 3 N–H and O–H groups in total. The van der Waals surface area contributed by atoms with E-state index in [0.717, 1.165) is 29.4 Å². The second-order valence-corrected chi connectivity index (χ2v) is 8.99. The molecule has 1 saturated heterocycles. The van der Waals surface area contributed by atoms with Gasteiger partial charge in [0.15, 0.2) is 0 Å². The number of rotatable bonds is 5. The molecule has 2 aliphatic rings. The molecule has 156 valence electrons. The van der Waals surface area contributed by atoms with Gasteiger partial charge in [-0.25, -0.2) is 0 Å². The fourth-order valence-corrected chi connectivity index (χ4v) is 5.43. The molecule has 2 amide bonds.